The molecule has 1 aromatic rings. The number of carbonyl (C=O) groups is 1. The van der Waals surface area contributed by atoms with Gasteiger partial charge in [0.25, 0.3) is 11.5 Å². The Morgan fingerprint density at radius 1 is 1.27 bits per heavy atom. The zero-order valence-electron chi connectivity index (χ0n) is 14.2. The van der Waals surface area contributed by atoms with Gasteiger partial charge in [0.2, 0.25) is 0 Å². The molecule has 0 aromatic carbocycles. The lowest BCUT2D eigenvalue weighted by Gasteiger charge is -2.29. The molecular weight excluding hydrogens is 278 g/mol. The fourth-order valence-corrected chi connectivity index (χ4v) is 2.98. The van der Waals surface area contributed by atoms with Crippen molar-refractivity contribution in [2.75, 3.05) is 0 Å². The summed E-state index contributed by atoms with van der Waals surface area (Å²) in [5.74, 6) is 0.766. The van der Waals surface area contributed by atoms with E-state index in [0.29, 0.717) is 17.4 Å². The third-order valence-corrected chi connectivity index (χ3v) is 4.47. The Hall–Kier alpha value is -1.65. The van der Waals surface area contributed by atoms with E-state index in [1.807, 2.05) is 20.8 Å². The standard InChI is InChI=1S/C17H27N3O2/c1-10-8-6-7-9-12(10)19-14(21)13-11(2)18-16(17(3,4)5)20-15(13)22/h10,12H,6-9H2,1-5H3,(H,19,21)(H,18,20,22). The maximum absolute atomic E-state index is 12.5. The molecule has 5 nitrogen and oxygen atoms in total. The number of rotatable bonds is 2. The second kappa shape index (κ2) is 6.23. The number of aryl methyl sites for hydroxylation is 1. The Bertz CT molecular complexity index is 613. The Balaban J connectivity index is 2.25. The number of H-pyrrole nitrogens is 1. The van der Waals surface area contributed by atoms with E-state index in [9.17, 15) is 9.59 Å². The molecule has 1 heterocycles. The highest BCUT2D eigenvalue weighted by Gasteiger charge is 2.26. The van der Waals surface area contributed by atoms with Gasteiger partial charge in [-0.05, 0) is 25.7 Å². The van der Waals surface area contributed by atoms with Gasteiger partial charge in [0, 0.05) is 11.5 Å². The molecule has 2 unspecified atom stereocenters. The van der Waals surface area contributed by atoms with Crippen molar-refractivity contribution in [3.63, 3.8) is 0 Å². The minimum absolute atomic E-state index is 0.144. The Morgan fingerprint density at radius 2 is 1.91 bits per heavy atom. The second-order valence-corrected chi connectivity index (χ2v) is 7.47. The van der Waals surface area contributed by atoms with Crippen LogP contribution in [-0.4, -0.2) is 21.9 Å². The van der Waals surface area contributed by atoms with Crippen LogP contribution in [0.5, 0.6) is 0 Å². The summed E-state index contributed by atoms with van der Waals surface area (Å²) in [6.07, 6.45) is 4.46. The number of nitrogens with one attached hydrogen (secondary N) is 2. The summed E-state index contributed by atoms with van der Waals surface area (Å²) in [5.41, 5.74) is 0.0374. The van der Waals surface area contributed by atoms with Crippen LogP contribution in [0.2, 0.25) is 0 Å². The van der Waals surface area contributed by atoms with Crippen LogP contribution in [0.1, 0.15) is 75.3 Å². The highest BCUT2D eigenvalue weighted by molar-refractivity contribution is 5.95. The first-order valence-electron chi connectivity index (χ1n) is 8.12. The predicted molar refractivity (Wildman–Crippen MR) is 87.2 cm³/mol. The van der Waals surface area contributed by atoms with E-state index in [-0.39, 0.29) is 28.5 Å². The van der Waals surface area contributed by atoms with Crippen molar-refractivity contribution in [1.82, 2.24) is 15.3 Å². The lowest BCUT2D eigenvalue weighted by molar-refractivity contribution is 0.0907. The minimum Gasteiger partial charge on any atom is -0.349 e. The molecule has 0 bridgehead atoms. The summed E-state index contributed by atoms with van der Waals surface area (Å²) in [7, 11) is 0. The summed E-state index contributed by atoms with van der Waals surface area (Å²) >= 11 is 0. The molecule has 1 aromatic heterocycles. The SMILES string of the molecule is Cc1nc(C(C)(C)C)[nH]c(=O)c1C(=O)NC1CCCCC1C. The Labute approximate surface area is 131 Å². The summed E-state index contributed by atoms with van der Waals surface area (Å²) < 4.78 is 0. The topological polar surface area (TPSA) is 74.8 Å². The number of nitrogens with zero attached hydrogens (tertiary/aromatic N) is 1. The molecule has 1 fully saturated rings. The van der Waals surface area contributed by atoms with Crippen molar-refractivity contribution in [2.24, 2.45) is 5.92 Å². The van der Waals surface area contributed by atoms with Crippen LogP contribution in [0, 0.1) is 12.8 Å². The smallest absolute Gasteiger partial charge is 0.264 e. The first-order valence-corrected chi connectivity index (χ1v) is 8.12. The number of hydrogen-bond donors (Lipinski definition) is 2. The quantitative estimate of drug-likeness (QED) is 0.882. The normalized spacial score (nSPS) is 22.4. The predicted octanol–water partition coefficient (Wildman–Crippen LogP) is 2.68. The van der Waals surface area contributed by atoms with Crippen LogP contribution in [0.4, 0.5) is 0 Å². The van der Waals surface area contributed by atoms with Crippen LogP contribution in [-0.2, 0) is 5.41 Å². The molecule has 0 radical (unpaired) electrons. The molecule has 1 aliphatic rings. The van der Waals surface area contributed by atoms with Gasteiger partial charge in [-0.25, -0.2) is 4.98 Å². The molecule has 1 saturated carbocycles. The molecule has 2 rings (SSSR count). The van der Waals surface area contributed by atoms with Crippen LogP contribution in [0.3, 0.4) is 0 Å². The highest BCUT2D eigenvalue weighted by Crippen LogP contribution is 2.24. The zero-order valence-corrected chi connectivity index (χ0v) is 14.2. The van der Waals surface area contributed by atoms with Crippen LogP contribution in [0.25, 0.3) is 0 Å². The van der Waals surface area contributed by atoms with E-state index in [1.54, 1.807) is 6.92 Å². The second-order valence-electron chi connectivity index (χ2n) is 7.47. The Kier molecular flexibility index (Phi) is 4.73. The van der Waals surface area contributed by atoms with Crippen LogP contribution >= 0.6 is 0 Å². The minimum atomic E-state index is -0.349. The van der Waals surface area contributed by atoms with E-state index in [1.165, 1.54) is 6.42 Å². The summed E-state index contributed by atoms with van der Waals surface area (Å²) in [5, 5.41) is 3.03. The third-order valence-electron chi connectivity index (χ3n) is 4.47. The van der Waals surface area contributed by atoms with Crippen molar-refractivity contribution in [1.29, 1.82) is 0 Å². The first kappa shape index (κ1) is 16.7. The van der Waals surface area contributed by atoms with E-state index in [2.05, 4.69) is 22.2 Å². The van der Waals surface area contributed by atoms with Crippen molar-refractivity contribution < 1.29 is 4.79 Å². The molecule has 1 aliphatic carbocycles. The van der Waals surface area contributed by atoms with Crippen LogP contribution in [0.15, 0.2) is 4.79 Å². The number of aromatic nitrogens is 2. The molecular formula is C17H27N3O2. The van der Waals surface area contributed by atoms with Crippen molar-refractivity contribution in [2.45, 2.75) is 71.8 Å². The molecule has 1 amide bonds. The van der Waals surface area contributed by atoms with Gasteiger partial charge in [-0.1, -0.05) is 40.5 Å². The molecule has 2 atom stereocenters. The maximum Gasteiger partial charge on any atom is 0.264 e. The summed E-state index contributed by atoms with van der Waals surface area (Å²) in [4.78, 5) is 32.0. The van der Waals surface area contributed by atoms with Crippen molar-refractivity contribution in [3.05, 3.63) is 27.4 Å². The van der Waals surface area contributed by atoms with Crippen LogP contribution < -0.4 is 10.9 Å². The fourth-order valence-electron chi connectivity index (χ4n) is 2.98. The lowest BCUT2D eigenvalue weighted by atomic mass is 9.86. The van der Waals surface area contributed by atoms with E-state index in [4.69, 9.17) is 0 Å². The van der Waals surface area contributed by atoms with Gasteiger partial charge in [0.1, 0.15) is 11.4 Å². The van der Waals surface area contributed by atoms with Gasteiger partial charge in [0.05, 0.1) is 5.69 Å². The van der Waals surface area contributed by atoms with Gasteiger partial charge < -0.3 is 10.3 Å². The largest absolute Gasteiger partial charge is 0.349 e. The van der Waals surface area contributed by atoms with Crippen molar-refractivity contribution in [3.8, 4) is 0 Å². The third kappa shape index (κ3) is 3.57. The van der Waals surface area contributed by atoms with Gasteiger partial charge in [0.15, 0.2) is 0 Å². The average Bonchev–Trinajstić information content (AvgIpc) is 2.39. The molecule has 0 spiro atoms. The number of aromatic amines is 1. The molecule has 2 N–H and O–H groups in total. The molecule has 122 valence electrons. The molecule has 0 saturated heterocycles. The van der Waals surface area contributed by atoms with Gasteiger partial charge in [-0.3, -0.25) is 9.59 Å². The first-order chi connectivity index (χ1) is 10.2. The average molecular weight is 305 g/mol. The lowest BCUT2D eigenvalue weighted by Crippen LogP contribution is -2.43. The number of carbonyl (C=O) groups excluding carboxylic acids is 1. The number of amides is 1. The van der Waals surface area contributed by atoms with Gasteiger partial charge in [-0.2, -0.15) is 0 Å². The van der Waals surface area contributed by atoms with Gasteiger partial charge >= 0.3 is 0 Å². The van der Waals surface area contributed by atoms with E-state index in [0.717, 1.165) is 19.3 Å². The van der Waals surface area contributed by atoms with E-state index < -0.39 is 0 Å². The molecule has 5 heteroatoms. The molecule has 0 aliphatic heterocycles. The Morgan fingerprint density at radius 3 is 2.45 bits per heavy atom. The maximum atomic E-state index is 12.5. The van der Waals surface area contributed by atoms with Crippen molar-refractivity contribution >= 4 is 5.91 Å². The number of hydrogen-bond acceptors (Lipinski definition) is 3. The fraction of sp³-hybridized carbons (Fsp3) is 0.706. The van der Waals surface area contributed by atoms with E-state index >= 15 is 0 Å². The zero-order chi connectivity index (χ0) is 16.5. The highest BCUT2D eigenvalue weighted by atomic mass is 16.2. The summed E-state index contributed by atoms with van der Waals surface area (Å²) in [6.45, 7) is 9.82. The van der Waals surface area contributed by atoms with Gasteiger partial charge in [-0.15, -0.1) is 0 Å². The molecule has 22 heavy (non-hydrogen) atoms. The summed E-state index contributed by atoms with van der Waals surface area (Å²) in [6, 6.07) is 0.155. The monoisotopic (exact) mass is 305 g/mol.